The van der Waals surface area contributed by atoms with Gasteiger partial charge in [-0.05, 0) is 25.0 Å². The Bertz CT molecular complexity index is 499. The number of hydrogen-bond donors (Lipinski definition) is 0. The minimum absolute atomic E-state index is 0.232. The number of cyclic esters (lactones) is 1. The maximum Gasteiger partial charge on any atom is 0.339 e. The smallest absolute Gasteiger partial charge is 0.339 e. The van der Waals surface area contributed by atoms with Gasteiger partial charge in [0.2, 0.25) is 0 Å². The van der Waals surface area contributed by atoms with Crippen molar-refractivity contribution in [2.45, 2.75) is 32.3 Å². The molecule has 0 aliphatic carbocycles. The molecule has 0 spiro atoms. The summed E-state index contributed by atoms with van der Waals surface area (Å²) in [5.74, 6) is -0.232. The third kappa shape index (κ3) is 2.37. The van der Waals surface area contributed by atoms with Crippen LogP contribution in [0.5, 0.6) is 0 Å². The van der Waals surface area contributed by atoms with Gasteiger partial charge in [-0.3, -0.25) is 0 Å². The van der Waals surface area contributed by atoms with Crippen molar-refractivity contribution < 1.29 is 9.53 Å². The van der Waals surface area contributed by atoms with Crippen molar-refractivity contribution in [1.29, 1.82) is 0 Å². The van der Waals surface area contributed by atoms with Crippen LogP contribution in [0.15, 0.2) is 48.6 Å². The van der Waals surface area contributed by atoms with E-state index in [0.717, 1.165) is 17.6 Å². The molecule has 0 saturated carbocycles. The van der Waals surface area contributed by atoms with E-state index in [0.29, 0.717) is 12.0 Å². The van der Waals surface area contributed by atoms with Crippen LogP contribution in [-0.2, 0) is 9.53 Å². The van der Waals surface area contributed by atoms with E-state index >= 15 is 0 Å². The summed E-state index contributed by atoms with van der Waals surface area (Å²) in [6, 6.07) is 9.65. The largest absolute Gasteiger partial charge is 0.451 e. The van der Waals surface area contributed by atoms with Crippen molar-refractivity contribution >= 4 is 11.5 Å². The number of hydrogen-bond acceptors (Lipinski definition) is 2. The minimum atomic E-state index is -0.506. The molecule has 0 saturated heterocycles. The first-order valence-electron chi connectivity index (χ1n) is 6.22. The van der Waals surface area contributed by atoms with Crippen molar-refractivity contribution in [1.82, 2.24) is 0 Å². The van der Waals surface area contributed by atoms with Crippen LogP contribution in [0.3, 0.4) is 0 Å². The number of rotatable bonds is 4. The lowest BCUT2D eigenvalue weighted by Gasteiger charge is -2.24. The Kier molecular flexibility index (Phi) is 3.37. The molecule has 0 N–H and O–H groups in total. The monoisotopic (exact) mass is 242 g/mol. The summed E-state index contributed by atoms with van der Waals surface area (Å²) < 4.78 is 5.58. The summed E-state index contributed by atoms with van der Waals surface area (Å²) >= 11 is 0. The summed E-state index contributed by atoms with van der Waals surface area (Å²) in [4.78, 5) is 12.0. The average Bonchev–Trinajstić information content (AvgIpc) is 2.67. The molecular weight excluding hydrogens is 224 g/mol. The fraction of sp³-hybridized carbons (Fsp3) is 0.312. The molecule has 1 aliphatic heterocycles. The first-order chi connectivity index (χ1) is 8.56. The molecule has 0 unspecified atom stereocenters. The van der Waals surface area contributed by atoms with Crippen molar-refractivity contribution in [3.63, 3.8) is 0 Å². The summed E-state index contributed by atoms with van der Waals surface area (Å²) in [7, 11) is 0. The van der Waals surface area contributed by atoms with Gasteiger partial charge in [-0.15, -0.1) is 0 Å². The number of esters is 1. The molecule has 1 heterocycles. The average molecular weight is 242 g/mol. The van der Waals surface area contributed by atoms with E-state index in [1.807, 2.05) is 50.3 Å². The van der Waals surface area contributed by atoms with Gasteiger partial charge in [-0.25, -0.2) is 4.79 Å². The lowest BCUT2D eigenvalue weighted by Crippen LogP contribution is -2.27. The van der Waals surface area contributed by atoms with Gasteiger partial charge < -0.3 is 4.74 Å². The Balaban J connectivity index is 2.37. The molecule has 2 heteroatoms. The van der Waals surface area contributed by atoms with Gasteiger partial charge in [-0.2, -0.15) is 0 Å². The van der Waals surface area contributed by atoms with Crippen molar-refractivity contribution in [2.75, 3.05) is 0 Å². The van der Waals surface area contributed by atoms with E-state index in [1.54, 1.807) is 0 Å². The highest BCUT2D eigenvalue weighted by Crippen LogP contribution is 2.37. The molecule has 94 valence electrons. The highest BCUT2D eigenvalue weighted by Gasteiger charge is 2.38. The normalized spacial score (nSPS) is 22.6. The molecule has 2 rings (SSSR count). The third-order valence-corrected chi connectivity index (χ3v) is 3.21. The fourth-order valence-electron chi connectivity index (χ4n) is 2.31. The van der Waals surface area contributed by atoms with Crippen molar-refractivity contribution in [2.24, 2.45) is 0 Å². The molecular formula is C16H18O2. The Hall–Kier alpha value is -1.83. The van der Waals surface area contributed by atoms with Crippen LogP contribution in [0.1, 0.15) is 32.3 Å². The quantitative estimate of drug-likeness (QED) is 0.594. The van der Waals surface area contributed by atoms with Gasteiger partial charge in [0, 0.05) is 6.42 Å². The predicted molar refractivity (Wildman–Crippen MR) is 73.0 cm³/mol. The molecule has 1 aliphatic rings. The van der Waals surface area contributed by atoms with Gasteiger partial charge in [0.15, 0.2) is 0 Å². The zero-order valence-electron chi connectivity index (χ0n) is 10.9. The van der Waals surface area contributed by atoms with Crippen LogP contribution >= 0.6 is 0 Å². The Labute approximate surface area is 108 Å². The van der Waals surface area contributed by atoms with E-state index in [1.165, 1.54) is 0 Å². The molecule has 1 atom stereocenters. The van der Waals surface area contributed by atoms with Gasteiger partial charge in [0.1, 0.15) is 5.60 Å². The molecule has 0 radical (unpaired) electrons. The maximum atomic E-state index is 12.0. The number of benzene rings is 1. The zero-order chi connectivity index (χ0) is 13.2. The third-order valence-electron chi connectivity index (χ3n) is 3.21. The van der Waals surface area contributed by atoms with Crippen LogP contribution in [0, 0.1) is 0 Å². The molecule has 0 amide bonds. The van der Waals surface area contributed by atoms with E-state index in [2.05, 4.69) is 6.58 Å². The minimum Gasteiger partial charge on any atom is -0.451 e. The maximum absolute atomic E-state index is 12.0. The van der Waals surface area contributed by atoms with Crippen LogP contribution in [0.4, 0.5) is 0 Å². The predicted octanol–water partition coefficient (Wildman–Crippen LogP) is 3.74. The van der Waals surface area contributed by atoms with Crippen molar-refractivity contribution in [3.8, 4) is 0 Å². The zero-order valence-corrected chi connectivity index (χ0v) is 10.9. The second-order valence-corrected chi connectivity index (χ2v) is 4.87. The summed E-state index contributed by atoms with van der Waals surface area (Å²) in [5, 5.41) is 0. The van der Waals surface area contributed by atoms with E-state index in [4.69, 9.17) is 4.74 Å². The van der Waals surface area contributed by atoms with Crippen LogP contribution in [-0.4, -0.2) is 11.6 Å². The molecule has 18 heavy (non-hydrogen) atoms. The molecule has 1 aromatic carbocycles. The number of ether oxygens (including phenoxy) is 1. The number of carbonyl (C=O) groups excluding carboxylic acids is 1. The molecule has 2 nitrogen and oxygen atoms in total. The highest BCUT2D eigenvalue weighted by atomic mass is 16.6. The topological polar surface area (TPSA) is 26.3 Å². The van der Waals surface area contributed by atoms with Gasteiger partial charge in [0.05, 0.1) is 5.57 Å². The van der Waals surface area contributed by atoms with Crippen LogP contribution in [0.2, 0.25) is 0 Å². The summed E-state index contributed by atoms with van der Waals surface area (Å²) in [5.41, 5.74) is 2.10. The number of carbonyl (C=O) groups is 1. The van der Waals surface area contributed by atoms with Gasteiger partial charge in [-0.1, -0.05) is 49.4 Å². The molecule has 0 fully saturated rings. The Morgan fingerprint density at radius 2 is 2.00 bits per heavy atom. The highest BCUT2D eigenvalue weighted by molar-refractivity contribution is 6.18. The van der Waals surface area contributed by atoms with Crippen LogP contribution in [0.25, 0.3) is 5.57 Å². The standard InChI is InChI=1S/C16H18O2/c1-4-16(10-12(2)3)11-14(15(17)18-16)13-8-6-5-7-9-13/h5-9,11H,2,4,10H2,1,3H3/t16-/m1/s1. The van der Waals surface area contributed by atoms with Crippen LogP contribution < -0.4 is 0 Å². The Morgan fingerprint density at radius 3 is 2.56 bits per heavy atom. The lowest BCUT2D eigenvalue weighted by molar-refractivity contribution is -0.144. The first-order valence-corrected chi connectivity index (χ1v) is 6.22. The van der Waals surface area contributed by atoms with Gasteiger partial charge >= 0.3 is 5.97 Å². The fourth-order valence-corrected chi connectivity index (χ4v) is 2.31. The van der Waals surface area contributed by atoms with E-state index < -0.39 is 5.60 Å². The van der Waals surface area contributed by atoms with E-state index in [9.17, 15) is 4.79 Å². The summed E-state index contributed by atoms with van der Waals surface area (Å²) in [6.07, 6.45) is 3.41. The second kappa shape index (κ2) is 4.81. The van der Waals surface area contributed by atoms with Crippen molar-refractivity contribution in [3.05, 3.63) is 54.1 Å². The lowest BCUT2D eigenvalue weighted by atomic mass is 9.91. The van der Waals surface area contributed by atoms with Gasteiger partial charge in [0.25, 0.3) is 0 Å². The SMILES string of the molecule is C=C(C)C[C@]1(CC)C=C(c2ccccc2)C(=O)O1. The van der Waals surface area contributed by atoms with E-state index in [-0.39, 0.29) is 5.97 Å². The molecule has 1 aromatic rings. The second-order valence-electron chi connectivity index (χ2n) is 4.87. The molecule has 0 bridgehead atoms. The Morgan fingerprint density at radius 1 is 1.33 bits per heavy atom. The molecule has 0 aromatic heterocycles. The summed E-state index contributed by atoms with van der Waals surface area (Å²) in [6.45, 7) is 7.90. The first kappa shape index (κ1) is 12.6.